The Labute approximate surface area is 110 Å². The summed E-state index contributed by atoms with van der Waals surface area (Å²) >= 11 is 1.69. The molecule has 2 nitrogen and oxygen atoms in total. The minimum absolute atomic E-state index is 0.268. The summed E-state index contributed by atoms with van der Waals surface area (Å²) in [4.78, 5) is 15.5. The summed E-state index contributed by atoms with van der Waals surface area (Å²) in [7, 11) is 0. The van der Waals surface area contributed by atoms with Crippen LogP contribution in [0.2, 0.25) is 0 Å². The minimum atomic E-state index is 0.268. The van der Waals surface area contributed by atoms with Crippen LogP contribution in [-0.4, -0.2) is 23.9 Å². The first-order valence-electron chi connectivity index (χ1n) is 6.65. The second kappa shape index (κ2) is 3.82. The molecule has 2 fully saturated rings. The molecule has 3 heteroatoms. The van der Waals surface area contributed by atoms with E-state index in [0.29, 0.717) is 5.92 Å². The lowest BCUT2D eigenvalue weighted by molar-refractivity contribution is 0.0656. The summed E-state index contributed by atoms with van der Waals surface area (Å²) in [5, 5.41) is 1.31. The number of carbonyl (C=O) groups excluding carboxylic acids is 1. The highest BCUT2D eigenvalue weighted by molar-refractivity contribution is 7.21. The topological polar surface area (TPSA) is 20.3 Å². The van der Waals surface area contributed by atoms with Gasteiger partial charge in [0, 0.05) is 17.8 Å². The number of hydrogen-bond acceptors (Lipinski definition) is 2. The van der Waals surface area contributed by atoms with Gasteiger partial charge in [-0.25, -0.2) is 0 Å². The smallest absolute Gasteiger partial charge is 0.264 e. The molecule has 0 atom stereocenters. The Kier molecular flexibility index (Phi) is 2.24. The van der Waals surface area contributed by atoms with E-state index < -0.39 is 0 Å². The van der Waals surface area contributed by atoms with Crippen LogP contribution >= 0.6 is 11.3 Å². The molecule has 0 unspecified atom stereocenters. The summed E-state index contributed by atoms with van der Waals surface area (Å²) < 4.78 is 1.27. The largest absolute Gasteiger partial charge is 0.338 e. The van der Waals surface area contributed by atoms with E-state index in [1.807, 2.05) is 4.90 Å². The third kappa shape index (κ3) is 1.50. The fourth-order valence-electron chi connectivity index (χ4n) is 2.66. The number of hydrogen-bond donors (Lipinski definition) is 0. The highest BCUT2D eigenvalue weighted by Gasteiger charge is 2.34. The van der Waals surface area contributed by atoms with E-state index in [1.54, 1.807) is 11.3 Å². The average Bonchev–Trinajstić information content (AvgIpc) is 3.07. The maximum Gasteiger partial charge on any atom is 0.264 e. The first kappa shape index (κ1) is 10.6. The Hall–Kier alpha value is -1.35. The first-order chi connectivity index (χ1) is 8.84. The quantitative estimate of drug-likeness (QED) is 0.804. The average molecular weight is 257 g/mol. The van der Waals surface area contributed by atoms with Gasteiger partial charge in [0.15, 0.2) is 0 Å². The number of likely N-dealkylation sites (tertiary alicyclic amines) is 1. The van der Waals surface area contributed by atoms with Gasteiger partial charge in [0.2, 0.25) is 0 Å². The standard InChI is InChI=1S/C15H15NOS/c17-15(16-8-3-9-16)14-13(10-6-7-10)11-4-1-2-5-12(11)18-14/h1-2,4-5,10H,3,6-9H2. The molecule has 0 N–H and O–H groups in total. The molecule has 2 aromatic rings. The van der Waals surface area contributed by atoms with Crippen molar-refractivity contribution in [3.63, 3.8) is 0 Å². The van der Waals surface area contributed by atoms with Gasteiger partial charge >= 0.3 is 0 Å². The number of amides is 1. The van der Waals surface area contributed by atoms with Crippen LogP contribution in [0.1, 0.15) is 40.4 Å². The van der Waals surface area contributed by atoms with Crippen molar-refractivity contribution in [2.24, 2.45) is 0 Å². The Morgan fingerprint density at radius 1 is 1.22 bits per heavy atom. The molecule has 2 aliphatic rings. The molecule has 2 heterocycles. The number of rotatable bonds is 2. The van der Waals surface area contributed by atoms with Gasteiger partial charge in [0.25, 0.3) is 5.91 Å². The fourth-order valence-corrected chi connectivity index (χ4v) is 3.92. The van der Waals surface area contributed by atoms with E-state index in [9.17, 15) is 4.79 Å². The van der Waals surface area contributed by atoms with Crippen molar-refractivity contribution in [3.8, 4) is 0 Å². The molecule has 1 aromatic heterocycles. The van der Waals surface area contributed by atoms with Gasteiger partial charge in [-0.1, -0.05) is 18.2 Å². The summed E-state index contributed by atoms with van der Waals surface area (Å²) in [5.74, 6) is 0.908. The van der Waals surface area contributed by atoms with Gasteiger partial charge in [0.1, 0.15) is 0 Å². The molecule has 92 valence electrons. The van der Waals surface area contributed by atoms with Crippen molar-refractivity contribution in [2.45, 2.75) is 25.2 Å². The Balaban J connectivity index is 1.87. The third-order valence-corrected chi connectivity index (χ3v) is 5.13. The third-order valence-electron chi connectivity index (χ3n) is 3.96. The maximum atomic E-state index is 12.5. The highest BCUT2D eigenvalue weighted by Crippen LogP contribution is 2.48. The molecular weight excluding hydrogens is 242 g/mol. The van der Waals surface area contributed by atoms with Gasteiger partial charge in [-0.15, -0.1) is 11.3 Å². The molecule has 0 radical (unpaired) electrons. The molecule has 4 rings (SSSR count). The predicted molar refractivity (Wildman–Crippen MR) is 74.3 cm³/mol. The Bertz CT molecular complexity index is 622. The molecule has 1 aliphatic carbocycles. The number of carbonyl (C=O) groups is 1. The predicted octanol–water partition coefficient (Wildman–Crippen LogP) is 3.62. The second-order valence-electron chi connectivity index (χ2n) is 5.26. The van der Waals surface area contributed by atoms with E-state index in [2.05, 4.69) is 24.3 Å². The maximum absolute atomic E-state index is 12.5. The van der Waals surface area contributed by atoms with Crippen LogP contribution in [0.3, 0.4) is 0 Å². The number of nitrogens with zero attached hydrogens (tertiary/aromatic N) is 1. The summed E-state index contributed by atoms with van der Waals surface area (Å²) in [6.07, 6.45) is 3.66. The van der Waals surface area contributed by atoms with Crippen LogP contribution in [0.5, 0.6) is 0 Å². The molecule has 0 bridgehead atoms. The van der Waals surface area contributed by atoms with E-state index in [1.165, 1.54) is 28.5 Å². The van der Waals surface area contributed by atoms with Crippen LogP contribution in [0.25, 0.3) is 10.1 Å². The molecule has 18 heavy (non-hydrogen) atoms. The molecule has 1 saturated carbocycles. The lowest BCUT2D eigenvalue weighted by Crippen LogP contribution is -2.41. The number of benzene rings is 1. The summed E-state index contributed by atoms with van der Waals surface area (Å²) in [6, 6.07) is 8.46. The van der Waals surface area contributed by atoms with Crippen molar-refractivity contribution in [2.75, 3.05) is 13.1 Å². The van der Waals surface area contributed by atoms with Crippen molar-refractivity contribution in [1.82, 2.24) is 4.90 Å². The molecule has 1 amide bonds. The molecular formula is C15H15NOS. The Morgan fingerprint density at radius 2 is 2.00 bits per heavy atom. The molecule has 1 aromatic carbocycles. The van der Waals surface area contributed by atoms with Gasteiger partial charge in [0.05, 0.1) is 4.88 Å². The zero-order valence-corrected chi connectivity index (χ0v) is 11.0. The normalized spacial score (nSPS) is 19.0. The monoisotopic (exact) mass is 257 g/mol. The van der Waals surface area contributed by atoms with Crippen LogP contribution in [-0.2, 0) is 0 Å². The SMILES string of the molecule is O=C(c1sc2ccccc2c1C1CC1)N1CCC1. The van der Waals surface area contributed by atoms with Crippen LogP contribution in [0.15, 0.2) is 24.3 Å². The highest BCUT2D eigenvalue weighted by atomic mass is 32.1. The summed E-state index contributed by atoms with van der Waals surface area (Å²) in [5.41, 5.74) is 1.34. The van der Waals surface area contributed by atoms with Crippen LogP contribution in [0.4, 0.5) is 0 Å². The van der Waals surface area contributed by atoms with E-state index in [4.69, 9.17) is 0 Å². The van der Waals surface area contributed by atoms with Crippen LogP contribution in [0, 0.1) is 0 Å². The molecule has 0 spiro atoms. The first-order valence-corrected chi connectivity index (χ1v) is 7.47. The molecule has 1 aliphatic heterocycles. The van der Waals surface area contributed by atoms with Crippen molar-refractivity contribution < 1.29 is 4.79 Å². The zero-order chi connectivity index (χ0) is 12.1. The van der Waals surface area contributed by atoms with Crippen molar-refractivity contribution in [1.29, 1.82) is 0 Å². The second-order valence-corrected chi connectivity index (χ2v) is 6.31. The number of thiophene rings is 1. The Morgan fingerprint density at radius 3 is 2.67 bits per heavy atom. The van der Waals surface area contributed by atoms with Crippen molar-refractivity contribution >= 4 is 27.3 Å². The van der Waals surface area contributed by atoms with Gasteiger partial charge < -0.3 is 4.90 Å². The summed E-state index contributed by atoms with van der Waals surface area (Å²) in [6.45, 7) is 1.88. The van der Waals surface area contributed by atoms with Gasteiger partial charge in [-0.2, -0.15) is 0 Å². The minimum Gasteiger partial charge on any atom is -0.338 e. The van der Waals surface area contributed by atoms with Gasteiger partial charge in [-0.3, -0.25) is 4.79 Å². The van der Waals surface area contributed by atoms with E-state index in [-0.39, 0.29) is 5.91 Å². The lowest BCUT2D eigenvalue weighted by Gasteiger charge is -2.30. The van der Waals surface area contributed by atoms with Crippen molar-refractivity contribution in [3.05, 3.63) is 34.7 Å². The lowest BCUT2D eigenvalue weighted by atomic mass is 10.0. The van der Waals surface area contributed by atoms with E-state index in [0.717, 1.165) is 24.4 Å². The zero-order valence-electron chi connectivity index (χ0n) is 10.2. The van der Waals surface area contributed by atoms with Gasteiger partial charge in [-0.05, 0) is 42.2 Å². The van der Waals surface area contributed by atoms with Crippen LogP contribution < -0.4 is 0 Å². The fraction of sp³-hybridized carbons (Fsp3) is 0.400. The molecule has 1 saturated heterocycles. The van der Waals surface area contributed by atoms with E-state index >= 15 is 0 Å². The number of fused-ring (bicyclic) bond motifs is 1.